The normalized spacial score (nSPS) is 17.2. The van der Waals surface area contributed by atoms with E-state index < -0.39 is 6.04 Å². The van der Waals surface area contributed by atoms with Crippen LogP contribution in [-0.4, -0.2) is 28.1 Å². The first-order chi connectivity index (χ1) is 10.1. The fourth-order valence-corrected chi connectivity index (χ4v) is 2.72. The topological polar surface area (TPSA) is 86.9 Å². The van der Waals surface area contributed by atoms with Crippen molar-refractivity contribution in [2.45, 2.75) is 58.4 Å². The predicted octanol–water partition coefficient (Wildman–Crippen LogP) is 2.13. The number of aryl methyl sites for hydroxylation is 1. The van der Waals surface area contributed by atoms with Crippen LogP contribution in [-0.2, 0) is 9.59 Å². The summed E-state index contributed by atoms with van der Waals surface area (Å²) in [4.78, 5) is 24.0. The molecule has 21 heavy (non-hydrogen) atoms. The maximum atomic E-state index is 12.0. The lowest BCUT2D eigenvalue weighted by Gasteiger charge is -2.22. The monoisotopic (exact) mass is 292 g/mol. The Labute approximate surface area is 125 Å². The SMILES string of the molecule is Cc1cn[nH]c1NC(=O)[C@@H](C)NC(=O)CC1CCCCC1. The molecule has 0 unspecified atom stereocenters. The molecule has 1 atom stereocenters. The number of aromatic amines is 1. The van der Waals surface area contributed by atoms with Crippen LogP contribution in [0.5, 0.6) is 0 Å². The highest BCUT2D eigenvalue weighted by molar-refractivity contribution is 5.96. The molecule has 1 aliphatic carbocycles. The van der Waals surface area contributed by atoms with Crippen molar-refractivity contribution < 1.29 is 9.59 Å². The van der Waals surface area contributed by atoms with E-state index in [9.17, 15) is 9.59 Å². The van der Waals surface area contributed by atoms with Gasteiger partial charge < -0.3 is 10.6 Å². The second-order valence-electron chi connectivity index (χ2n) is 5.91. The molecule has 0 aliphatic heterocycles. The Morgan fingerprint density at radius 3 is 2.71 bits per heavy atom. The van der Waals surface area contributed by atoms with E-state index in [0.717, 1.165) is 18.4 Å². The van der Waals surface area contributed by atoms with Crippen molar-refractivity contribution >= 4 is 17.6 Å². The minimum atomic E-state index is -0.552. The largest absolute Gasteiger partial charge is 0.345 e. The molecule has 0 bridgehead atoms. The second kappa shape index (κ2) is 7.24. The van der Waals surface area contributed by atoms with E-state index in [1.54, 1.807) is 13.1 Å². The molecule has 1 aliphatic rings. The van der Waals surface area contributed by atoms with E-state index in [1.165, 1.54) is 19.3 Å². The minimum Gasteiger partial charge on any atom is -0.345 e. The average Bonchev–Trinajstić information content (AvgIpc) is 2.85. The van der Waals surface area contributed by atoms with Crippen LogP contribution in [0.2, 0.25) is 0 Å². The zero-order valence-corrected chi connectivity index (χ0v) is 12.7. The van der Waals surface area contributed by atoms with Crippen LogP contribution >= 0.6 is 0 Å². The Morgan fingerprint density at radius 2 is 2.10 bits per heavy atom. The smallest absolute Gasteiger partial charge is 0.247 e. The summed E-state index contributed by atoms with van der Waals surface area (Å²) in [6.07, 6.45) is 8.13. The van der Waals surface area contributed by atoms with Crippen molar-refractivity contribution in [3.8, 4) is 0 Å². The molecular formula is C15H24N4O2. The molecule has 0 spiro atoms. The Balaban J connectivity index is 1.77. The molecule has 2 amide bonds. The van der Waals surface area contributed by atoms with Gasteiger partial charge in [0.2, 0.25) is 11.8 Å². The van der Waals surface area contributed by atoms with Crippen LogP contribution in [0.1, 0.15) is 51.0 Å². The van der Waals surface area contributed by atoms with Crippen molar-refractivity contribution in [2.75, 3.05) is 5.32 Å². The van der Waals surface area contributed by atoms with Gasteiger partial charge in [0.15, 0.2) is 0 Å². The number of H-pyrrole nitrogens is 1. The third-order valence-corrected chi connectivity index (χ3v) is 4.05. The van der Waals surface area contributed by atoms with E-state index in [0.29, 0.717) is 18.2 Å². The van der Waals surface area contributed by atoms with E-state index in [-0.39, 0.29) is 11.8 Å². The number of hydrogen-bond acceptors (Lipinski definition) is 3. The molecule has 1 fully saturated rings. The zero-order chi connectivity index (χ0) is 15.2. The van der Waals surface area contributed by atoms with Gasteiger partial charge in [-0.1, -0.05) is 19.3 Å². The Kier molecular flexibility index (Phi) is 5.36. The van der Waals surface area contributed by atoms with Crippen LogP contribution < -0.4 is 10.6 Å². The molecule has 1 aromatic heterocycles. The minimum absolute atomic E-state index is 0.0362. The van der Waals surface area contributed by atoms with Gasteiger partial charge in [0, 0.05) is 12.0 Å². The third-order valence-electron chi connectivity index (χ3n) is 4.05. The summed E-state index contributed by atoms with van der Waals surface area (Å²) >= 11 is 0. The van der Waals surface area contributed by atoms with E-state index >= 15 is 0 Å². The number of carbonyl (C=O) groups excluding carboxylic acids is 2. The molecular weight excluding hydrogens is 268 g/mol. The number of nitrogens with zero attached hydrogens (tertiary/aromatic N) is 1. The Morgan fingerprint density at radius 1 is 1.38 bits per heavy atom. The Bertz CT molecular complexity index is 492. The lowest BCUT2D eigenvalue weighted by atomic mass is 9.87. The maximum absolute atomic E-state index is 12.0. The summed E-state index contributed by atoms with van der Waals surface area (Å²) in [6.45, 7) is 3.55. The lowest BCUT2D eigenvalue weighted by Crippen LogP contribution is -2.42. The summed E-state index contributed by atoms with van der Waals surface area (Å²) in [5.74, 6) is 0.780. The number of aromatic nitrogens is 2. The molecule has 116 valence electrons. The molecule has 0 radical (unpaired) electrons. The molecule has 2 rings (SSSR count). The number of hydrogen-bond donors (Lipinski definition) is 3. The summed E-state index contributed by atoms with van der Waals surface area (Å²) in [5.41, 5.74) is 0.865. The zero-order valence-electron chi connectivity index (χ0n) is 12.7. The quantitative estimate of drug-likeness (QED) is 0.777. The molecule has 6 nitrogen and oxygen atoms in total. The van der Waals surface area contributed by atoms with Crippen LogP contribution in [0, 0.1) is 12.8 Å². The second-order valence-corrected chi connectivity index (χ2v) is 5.91. The average molecular weight is 292 g/mol. The van der Waals surface area contributed by atoms with Crippen molar-refractivity contribution in [2.24, 2.45) is 5.92 Å². The van der Waals surface area contributed by atoms with Gasteiger partial charge in [-0.25, -0.2) is 0 Å². The molecule has 0 aromatic carbocycles. The highest BCUT2D eigenvalue weighted by Crippen LogP contribution is 2.26. The van der Waals surface area contributed by atoms with Gasteiger partial charge in [-0.2, -0.15) is 5.10 Å². The van der Waals surface area contributed by atoms with Crippen LogP contribution in [0.25, 0.3) is 0 Å². The summed E-state index contributed by atoms with van der Waals surface area (Å²) in [7, 11) is 0. The standard InChI is InChI=1S/C15H24N4O2/c1-10-9-16-19-14(10)18-15(21)11(2)17-13(20)8-12-6-4-3-5-7-12/h9,11-12H,3-8H2,1-2H3,(H,17,20)(H2,16,18,19,21)/t11-/m1/s1. The third kappa shape index (κ3) is 4.58. The molecule has 1 heterocycles. The highest BCUT2D eigenvalue weighted by Gasteiger charge is 2.21. The summed E-state index contributed by atoms with van der Waals surface area (Å²) in [6, 6.07) is -0.552. The molecule has 1 saturated carbocycles. The summed E-state index contributed by atoms with van der Waals surface area (Å²) in [5, 5.41) is 12.1. The van der Waals surface area contributed by atoms with E-state index in [1.807, 2.05) is 6.92 Å². The van der Waals surface area contributed by atoms with Crippen molar-refractivity contribution in [1.82, 2.24) is 15.5 Å². The van der Waals surface area contributed by atoms with Gasteiger partial charge in [0.05, 0.1) is 6.20 Å². The van der Waals surface area contributed by atoms with Crippen molar-refractivity contribution in [3.05, 3.63) is 11.8 Å². The van der Waals surface area contributed by atoms with Gasteiger partial charge >= 0.3 is 0 Å². The molecule has 0 saturated heterocycles. The van der Waals surface area contributed by atoms with Crippen molar-refractivity contribution in [3.63, 3.8) is 0 Å². The fraction of sp³-hybridized carbons (Fsp3) is 0.667. The van der Waals surface area contributed by atoms with E-state index in [2.05, 4.69) is 20.8 Å². The van der Waals surface area contributed by atoms with Crippen molar-refractivity contribution in [1.29, 1.82) is 0 Å². The number of nitrogens with one attached hydrogen (secondary N) is 3. The van der Waals surface area contributed by atoms with Crippen LogP contribution in [0.3, 0.4) is 0 Å². The van der Waals surface area contributed by atoms with Gasteiger partial charge in [0.25, 0.3) is 0 Å². The number of carbonyl (C=O) groups is 2. The first-order valence-electron chi connectivity index (χ1n) is 7.66. The number of amides is 2. The first kappa shape index (κ1) is 15.5. The highest BCUT2D eigenvalue weighted by atomic mass is 16.2. The molecule has 3 N–H and O–H groups in total. The number of anilines is 1. The Hall–Kier alpha value is -1.85. The number of rotatable bonds is 5. The maximum Gasteiger partial charge on any atom is 0.247 e. The summed E-state index contributed by atoms with van der Waals surface area (Å²) < 4.78 is 0. The lowest BCUT2D eigenvalue weighted by molar-refractivity contribution is -0.127. The first-order valence-corrected chi connectivity index (χ1v) is 7.66. The van der Waals surface area contributed by atoms with Gasteiger partial charge in [-0.3, -0.25) is 14.7 Å². The molecule has 1 aromatic rings. The predicted molar refractivity (Wildman–Crippen MR) is 80.8 cm³/mol. The van der Waals surface area contributed by atoms with Crippen LogP contribution in [0.4, 0.5) is 5.82 Å². The van der Waals surface area contributed by atoms with Gasteiger partial charge in [-0.15, -0.1) is 0 Å². The van der Waals surface area contributed by atoms with Crippen LogP contribution in [0.15, 0.2) is 6.20 Å². The van der Waals surface area contributed by atoms with Gasteiger partial charge in [-0.05, 0) is 32.6 Å². The molecule has 6 heteroatoms. The fourth-order valence-electron chi connectivity index (χ4n) is 2.72. The van der Waals surface area contributed by atoms with Gasteiger partial charge in [0.1, 0.15) is 11.9 Å². The van der Waals surface area contributed by atoms with E-state index in [4.69, 9.17) is 0 Å².